The van der Waals surface area contributed by atoms with E-state index in [4.69, 9.17) is 11.6 Å². The van der Waals surface area contributed by atoms with E-state index in [0.717, 1.165) is 4.57 Å². The first-order valence-corrected chi connectivity index (χ1v) is 7.07. The fourth-order valence-electron chi connectivity index (χ4n) is 2.30. The van der Waals surface area contributed by atoms with Crippen molar-refractivity contribution in [3.63, 3.8) is 0 Å². The fourth-order valence-corrected chi connectivity index (χ4v) is 2.49. The van der Waals surface area contributed by atoms with Gasteiger partial charge in [0.05, 0.1) is 5.56 Å². The number of nitriles is 1. The van der Waals surface area contributed by atoms with Gasteiger partial charge < -0.3 is 5.11 Å². The van der Waals surface area contributed by atoms with Crippen molar-refractivity contribution in [1.29, 1.82) is 5.26 Å². The minimum absolute atomic E-state index is 0.0184. The average Bonchev–Trinajstić information content (AvgIpc) is 2.52. The van der Waals surface area contributed by atoms with Crippen molar-refractivity contribution in [1.82, 2.24) is 4.57 Å². The van der Waals surface area contributed by atoms with E-state index in [0.29, 0.717) is 5.02 Å². The van der Waals surface area contributed by atoms with Crippen molar-refractivity contribution in [3.05, 3.63) is 74.6 Å². The second-order valence-electron chi connectivity index (χ2n) is 4.85. The van der Waals surface area contributed by atoms with Crippen molar-refractivity contribution in [2.75, 3.05) is 0 Å². The van der Waals surface area contributed by atoms with Gasteiger partial charge in [0.2, 0.25) is 5.88 Å². The van der Waals surface area contributed by atoms with Gasteiger partial charge in [-0.25, -0.2) is 0 Å². The first kappa shape index (κ1) is 16.5. The molecule has 2 rings (SSSR count). The number of hydrogen-bond donors (Lipinski definition) is 1. The lowest BCUT2D eigenvalue weighted by Crippen LogP contribution is -2.26. The average molecular weight is 329 g/mol. The molecule has 0 radical (unpaired) electrons. The van der Waals surface area contributed by atoms with E-state index < -0.39 is 17.2 Å². The van der Waals surface area contributed by atoms with Crippen LogP contribution in [0.4, 0.5) is 0 Å². The van der Waals surface area contributed by atoms with Gasteiger partial charge in [0.1, 0.15) is 11.6 Å². The molecule has 0 saturated heterocycles. The van der Waals surface area contributed by atoms with Crippen LogP contribution in [0, 0.1) is 18.3 Å². The lowest BCUT2D eigenvalue weighted by molar-refractivity contribution is 0.103. The molecule has 1 N–H and O–H groups in total. The number of rotatable bonds is 4. The fraction of sp³-hybridized carbons (Fsp3) is 0.118. The molecule has 116 valence electrons. The molecule has 6 heteroatoms. The Balaban J connectivity index is 2.79. The van der Waals surface area contributed by atoms with Crippen LogP contribution in [0.15, 0.2) is 41.7 Å². The third-order valence-corrected chi connectivity index (χ3v) is 3.66. The van der Waals surface area contributed by atoms with Gasteiger partial charge in [0.25, 0.3) is 5.56 Å². The second-order valence-corrected chi connectivity index (χ2v) is 5.29. The smallest absolute Gasteiger partial charge is 0.271 e. The number of hydrogen-bond acceptors (Lipinski definition) is 4. The molecule has 0 atom stereocenters. The highest BCUT2D eigenvalue weighted by atomic mass is 35.5. The molecule has 1 aromatic carbocycles. The number of ketones is 1. The summed E-state index contributed by atoms with van der Waals surface area (Å²) in [5, 5.41) is 19.9. The molecule has 0 saturated carbocycles. The van der Waals surface area contributed by atoms with Crippen LogP contribution in [0.25, 0.3) is 0 Å². The van der Waals surface area contributed by atoms with Gasteiger partial charge in [0.15, 0.2) is 5.78 Å². The number of benzene rings is 1. The summed E-state index contributed by atoms with van der Waals surface area (Å²) in [4.78, 5) is 24.9. The number of aromatic nitrogens is 1. The number of halogens is 1. The molecule has 1 aromatic heterocycles. The van der Waals surface area contributed by atoms with E-state index in [1.165, 1.54) is 19.1 Å². The minimum atomic E-state index is -0.662. The maximum absolute atomic E-state index is 12.7. The van der Waals surface area contributed by atoms with Crippen LogP contribution < -0.4 is 5.56 Å². The van der Waals surface area contributed by atoms with Gasteiger partial charge in [0, 0.05) is 17.1 Å². The summed E-state index contributed by atoms with van der Waals surface area (Å²) in [5.41, 5.74) is -0.547. The molecule has 0 bridgehead atoms. The standard InChI is InChI=1S/C17H13ClN2O3/c1-3-7-20-16(22)13(9-19)10(2)14(17(20)23)15(21)11-5-4-6-12(18)8-11/h3-6,8,23H,1,7H2,2H3. The molecule has 5 nitrogen and oxygen atoms in total. The normalized spacial score (nSPS) is 10.1. The van der Waals surface area contributed by atoms with Crippen LogP contribution in [-0.4, -0.2) is 15.5 Å². The highest BCUT2D eigenvalue weighted by Gasteiger charge is 2.24. The summed E-state index contributed by atoms with van der Waals surface area (Å²) in [5.74, 6) is -1.01. The van der Waals surface area contributed by atoms with E-state index in [2.05, 4.69) is 6.58 Å². The van der Waals surface area contributed by atoms with Crippen molar-refractivity contribution in [2.45, 2.75) is 13.5 Å². The highest BCUT2D eigenvalue weighted by molar-refractivity contribution is 6.31. The first-order chi connectivity index (χ1) is 10.9. The summed E-state index contributed by atoms with van der Waals surface area (Å²) in [6.07, 6.45) is 1.39. The lowest BCUT2D eigenvalue weighted by atomic mass is 9.97. The van der Waals surface area contributed by atoms with Gasteiger partial charge in [-0.05, 0) is 24.6 Å². The second kappa shape index (κ2) is 6.51. The molecule has 0 amide bonds. The topological polar surface area (TPSA) is 83.1 Å². The zero-order valence-corrected chi connectivity index (χ0v) is 13.1. The lowest BCUT2D eigenvalue weighted by Gasteiger charge is -2.14. The van der Waals surface area contributed by atoms with Crippen molar-refractivity contribution in [3.8, 4) is 11.9 Å². The highest BCUT2D eigenvalue weighted by Crippen LogP contribution is 2.25. The number of carbonyl (C=O) groups excluding carboxylic acids is 1. The van der Waals surface area contributed by atoms with Gasteiger partial charge >= 0.3 is 0 Å². The number of nitrogens with zero attached hydrogens (tertiary/aromatic N) is 2. The molecular formula is C17H13ClN2O3. The van der Waals surface area contributed by atoms with Crippen LogP contribution in [0.1, 0.15) is 27.0 Å². The van der Waals surface area contributed by atoms with Crippen LogP contribution in [0.5, 0.6) is 5.88 Å². The molecule has 0 unspecified atom stereocenters. The monoisotopic (exact) mass is 328 g/mol. The molecular weight excluding hydrogens is 316 g/mol. The summed E-state index contributed by atoms with van der Waals surface area (Å²) < 4.78 is 0.941. The molecule has 0 aliphatic heterocycles. The number of pyridine rings is 1. The Morgan fingerprint density at radius 2 is 2.22 bits per heavy atom. The van der Waals surface area contributed by atoms with Gasteiger partial charge in [-0.3, -0.25) is 14.2 Å². The van der Waals surface area contributed by atoms with Crippen molar-refractivity contribution >= 4 is 17.4 Å². The Morgan fingerprint density at radius 3 is 2.78 bits per heavy atom. The first-order valence-electron chi connectivity index (χ1n) is 6.70. The predicted octanol–water partition coefficient (Wildman–Crippen LogP) is 2.80. The molecule has 0 fully saturated rings. The van der Waals surface area contributed by atoms with Gasteiger partial charge in [-0.2, -0.15) is 5.26 Å². The molecule has 1 heterocycles. The molecule has 0 aliphatic rings. The van der Waals surface area contributed by atoms with E-state index in [1.807, 2.05) is 0 Å². The van der Waals surface area contributed by atoms with E-state index in [9.17, 15) is 20.0 Å². The summed E-state index contributed by atoms with van der Waals surface area (Å²) in [7, 11) is 0. The number of carbonyl (C=O) groups is 1. The maximum atomic E-state index is 12.7. The van der Waals surface area contributed by atoms with E-state index in [-0.39, 0.29) is 28.8 Å². The molecule has 2 aromatic rings. The molecule has 23 heavy (non-hydrogen) atoms. The zero-order chi connectivity index (χ0) is 17.1. The van der Waals surface area contributed by atoms with Crippen molar-refractivity contribution in [2.24, 2.45) is 0 Å². The van der Waals surface area contributed by atoms with Crippen molar-refractivity contribution < 1.29 is 9.90 Å². The van der Waals surface area contributed by atoms with Gasteiger partial charge in [-0.1, -0.05) is 29.8 Å². The summed E-state index contributed by atoms with van der Waals surface area (Å²) in [6.45, 7) is 4.94. The van der Waals surface area contributed by atoms with Crippen LogP contribution in [0.2, 0.25) is 5.02 Å². The quantitative estimate of drug-likeness (QED) is 0.691. The Kier molecular flexibility index (Phi) is 4.68. The predicted molar refractivity (Wildman–Crippen MR) is 86.9 cm³/mol. The Labute approximate surface area is 137 Å². The SMILES string of the molecule is C=CCn1c(O)c(C(=O)c2cccc(Cl)c2)c(C)c(C#N)c1=O. The van der Waals surface area contributed by atoms with E-state index >= 15 is 0 Å². The summed E-state index contributed by atoms with van der Waals surface area (Å²) >= 11 is 5.89. The third kappa shape index (κ3) is 2.89. The number of allylic oxidation sites excluding steroid dienone is 1. The molecule has 0 spiro atoms. The van der Waals surface area contributed by atoms with Crippen LogP contribution in [0.3, 0.4) is 0 Å². The Hall–Kier alpha value is -2.84. The Bertz CT molecular complexity index is 907. The number of aromatic hydroxyl groups is 1. The largest absolute Gasteiger partial charge is 0.494 e. The van der Waals surface area contributed by atoms with Gasteiger partial charge in [-0.15, -0.1) is 6.58 Å². The molecule has 0 aliphatic carbocycles. The van der Waals surface area contributed by atoms with E-state index in [1.54, 1.807) is 24.3 Å². The maximum Gasteiger partial charge on any atom is 0.271 e. The minimum Gasteiger partial charge on any atom is -0.494 e. The zero-order valence-electron chi connectivity index (χ0n) is 12.3. The van der Waals surface area contributed by atoms with Crippen LogP contribution >= 0.6 is 11.6 Å². The van der Waals surface area contributed by atoms with Crippen LogP contribution in [-0.2, 0) is 6.54 Å². The summed E-state index contributed by atoms with van der Waals surface area (Å²) in [6, 6.07) is 8.01. The third-order valence-electron chi connectivity index (χ3n) is 3.43. The Morgan fingerprint density at radius 1 is 1.52 bits per heavy atom.